The molecule has 1 aromatic carbocycles. The molecule has 0 aliphatic rings. The fourth-order valence-corrected chi connectivity index (χ4v) is 2.49. The molecular formula is C17H25N3. The van der Waals surface area contributed by atoms with E-state index in [1.54, 1.807) is 0 Å². The summed E-state index contributed by atoms with van der Waals surface area (Å²) in [5, 5.41) is 3.65. The molecule has 1 unspecified atom stereocenters. The molecule has 0 spiro atoms. The highest BCUT2D eigenvalue weighted by molar-refractivity contribution is 5.18. The lowest BCUT2D eigenvalue weighted by Crippen LogP contribution is -2.22. The lowest BCUT2D eigenvalue weighted by Gasteiger charge is -2.19. The van der Waals surface area contributed by atoms with Crippen molar-refractivity contribution in [2.24, 2.45) is 7.05 Å². The third-order valence-electron chi connectivity index (χ3n) is 3.66. The van der Waals surface area contributed by atoms with Gasteiger partial charge in [-0.3, -0.25) is 0 Å². The molecule has 0 fully saturated rings. The molecular weight excluding hydrogens is 246 g/mol. The van der Waals surface area contributed by atoms with Crippen LogP contribution in [-0.2, 0) is 13.5 Å². The van der Waals surface area contributed by atoms with E-state index in [-0.39, 0.29) is 0 Å². The van der Waals surface area contributed by atoms with E-state index >= 15 is 0 Å². The van der Waals surface area contributed by atoms with E-state index in [2.05, 4.69) is 59.2 Å². The second kappa shape index (κ2) is 7.85. The van der Waals surface area contributed by atoms with Crippen LogP contribution in [0.1, 0.15) is 43.6 Å². The summed E-state index contributed by atoms with van der Waals surface area (Å²) >= 11 is 0. The van der Waals surface area contributed by atoms with Gasteiger partial charge < -0.3 is 9.88 Å². The van der Waals surface area contributed by atoms with Crippen LogP contribution in [0.2, 0.25) is 0 Å². The predicted molar refractivity (Wildman–Crippen MR) is 83.6 cm³/mol. The first kappa shape index (κ1) is 14.8. The molecule has 1 atom stereocenters. The Labute approximate surface area is 122 Å². The lowest BCUT2D eigenvalue weighted by atomic mass is 10.0. The topological polar surface area (TPSA) is 29.9 Å². The van der Waals surface area contributed by atoms with E-state index in [0.717, 1.165) is 25.8 Å². The van der Waals surface area contributed by atoms with Crippen LogP contribution in [0.4, 0.5) is 0 Å². The highest BCUT2D eigenvalue weighted by Gasteiger charge is 2.10. The third-order valence-corrected chi connectivity index (χ3v) is 3.66. The van der Waals surface area contributed by atoms with Gasteiger partial charge in [0.15, 0.2) is 0 Å². The third kappa shape index (κ3) is 4.20. The van der Waals surface area contributed by atoms with Crippen molar-refractivity contribution in [3.63, 3.8) is 0 Å². The van der Waals surface area contributed by atoms with E-state index in [4.69, 9.17) is 0 Å². The average Bonchev–Trinajstić information content (AvgIpc) is 2.89. The first-order valence-electron chi connectivity index (χ1n) is 7.55. The van der Waals surface area contributed by atoms with Crippen molar-refractivity contribution in [2.75, 3.05) is 6.54 Å². The van der Waals surface area contributed by atoms with E-state index in [1.807, 2.05) is 12.4 Å². The molecule has 0 aliphatic carbocycles. The van der Waals surface area contributed by atoms with Crippen LogP contribution in [0, 0.1) is 0 Å². The molecule has 1 heterocycles. The highest BCUT2D eigenvalue weighted by Crippen LogP contribution is 2.19. The number of hydrogen-bond donors (Lipinski definition) is 1. The predicted octanol–water partition coefficient (Wildman–Crippen LogP) is 3.48. The Kier molecular flexibility index (Phi) is 5.81. The smallest absolute Gasteiger partial charge is 0.108 e. The molecule has 2 rings (SSSR count). The molecule has 0 amide bonds. The second-order valence-electron chi connectivity index (χ2n) is 5.26. The molecule has 2 aromatic rings. The van der Waals surface area contributed by atoms with Gasteiger partial charge >= 0.3 is 0 Å². The number of aromatic nitrogens is 2. The van der Waals surface area contributed by atoms with Gasteiger partial charge in [0.1, 0.15) is 5.82 Å². The Hall–Kier alpha value is -1.61. The molecule has 108 valence electrons. The van der Waals surface area contributed by atoms with Crippen molar-refractivity contribution in [2.45, 2.75) is 38.6 Å². The van der Waals surface area contributed by atoms with Crippen LogP contribution in [0.25, 0.3) is 0 Å². The monoisotopic (exact) mass is 271 g/mol. The summed E-state index contributed by atoms with van der Waals surface area (Å²) in [6, 6.07) is 11.2. The zero-order valence-electron chi connectivity index (χ0n) is 12.5. The minimum atomic E-state index is 0.455. The molecule has 0 saturated carbocycles. The Morgan fingerprint density at radius 1 is 1.25 bits per heavy atom. The van der Waals surface area contributed by atoms with E-state index < -0.39 is 0 Å². The van der Waals surface area contributed by atoms with E-state index in [0.29, 0.717) is 6.04 Å². The van der Waals surface area contributed by atoms with Crippen LogP contribution in [0.3, 0.4) is 0 Å². The fraction of sp³-hybridized carbons (Fsp3) is 0.471. The van der Waals surface area contributed by atoms with E-state index in [1.165, 1.54) is 17.8 Å². The quantitative estimate of drug-likeness (QED) is 0.796. The van der Waals surface area contributed by atoms with Crippen LogP contribution < -0.4 is 5.32 Å². The molecule has 1 aromatic heterocycles. The summed E-state index contributed by atoms with van der Waals surface area (Å²) in [4.78, 5) is 4.39. The van der Waals surface area contributed by atoms with Crippen molar-refractivity contribution in [1.29, 1.82) is 0 Å². The fourth-order valence-electron chi connectivity index (χ4n) is 2.49. The highest BCUT2D eigenvalue weighted by atomic mass is 15.0. The minimum Gasteiger partial charge on any atom is -0.338 e. The van der Waals surface area contributed by atoms with Gasteiger partial charge in [-0.15, -0.1) is 0 Å². The Balaban J connectivity index is 1.89. The minimum absolute atomic E-state index is 0.455. The second-order valence-corrected chi connectivity index (χ2v) is 5.26. The molecule has 0 aliphatic heterocycles. The number of nitrogens with zero attached hydrogens (tertiary/aromatic N) is 2. The number of rotatable bonds is 8. The number of benzene rings is 1. The van der Waals surface area contributed by atoms with Crippen LogP contribution in [-0.4, -0.2) is 16.1 Å². The van der Waals surface area contributed by atoms with Gasteiger partial charge in [-0.25, -0.2) is 4.98 Å². The SMILES string of the molecule is CCCNC(CCCc1nccn1C)c1ccccc1. The van der Waals surface area contributed by atoms with Crippen LogP contribution in [0.5, 0.6) is 0 Å². The van der Waals surface area contributed by atoms with E-state index in [9.17, 15) is 0 Å². The molecule has 0 radical (unpaired) electrons. The van der Waals surface area contributed by atoms with Gasteiger partial charge in [-0.1, -0.05) is 37.3 Å². The molecule has 3 nitrogen and oxygen atoms in total. The number of imidazole rings is 1. The Morgan fingerprint density at radius 2 is 2.05 bits per heavy atom. The van der Waals surface area contributed by atoms with Gasteiger partial charge in [0.25, 0.3) is 0 Å². The number of nitrogens with one attached hydrogen (secondary N) is 1. The van der Waals surface area contributed by atoms with Crippen LogP contribution in [0.15, 0.2) is 42.7 Å². The van der Waals surface area contributed by atoms with Gasteiger partial charge in [0.05, 0.1) is 0 Å². The van der Waals surface area contributed by atoms with Gasteiger partial charge in [-0.05, 0) is 31.4 Å². The summed E-state index contributed by atoms with van der Waals surface area (Å²) in [6.45, 7) is 3.28. The molecule has 20 heavy (non-hydrogen) atoms. The standard InChI is InChI=1S/C17H25N3/c1-3-12-18-16(15-8-5-4-6-9-15)10-7-11-17-19-13-14-20(17)2/h4-6,8-9,13-14,16,18H,3,7,10-12H2,1-2H3. The molecule has 0 bridgehead atoms. The first-order valence-corrected chi connectivity index (χ1v) is 7.55. The molecule has 3 heteroatoms. The Bertz CT molecular complexity index is 490. The first-order chi connectivity index (χ1) is 9.81. The average molecular weight is 271 g/mol. The van der Waals surface area contributed by atoms with Gasteiger partial charge in [0.2, 0.25) is 0 Å². The number of hydrogen-bond acceptors (Lipinski definition) is 2. The van der Waals surface area contributed by atoms with Crippen LogP contribution >= 0.6 is 0 Å². The van der Waals surface area contributed by atoms with Crippen molar-refractivity contribution in [3.8, 4) is 0 Å². The van der Waals surface area contributed by atoms with Crippen molar-refractivity contribution >= 4 is 0 Å². The Morgan fingerprint density at radius 3 is 2.70 bits per heavy atom. The largest absolute Gasteiger partial charge is 0.338 e. The lowest BCUT2D eigenvalue weighted by molar-refractivity contribution is 0.480. The summed E-state index contributed by atoms with van der Waals surface area (Å²) in [5.74, 6) is 1.17. The normalized spacial score (nSPS) is 12.5. The summed E-state index contributed by atoms with van der Waals surface area (Å²) in [6.07, 6.45) is 8.40. The number of aryl methyl sites for hydroxylation is 2. The zero-order chi connectivity index (χ0) is 14.2. The maximum absolute atomic E-state index is 4.39. The van der Waals surface area contributed by atoms with Gasteiger partial charge in [-0.2, -0.15) is 0 Å². The van der Waals surface area contributed by atoms with Gasteiger partial charge in [0, 0.05) is 31.9 Å². The zero-order valence-corrected chi connectivity index (χ0v) is 12.5. The summed E-state index contributed by atoms with van der Waals surface area (Å²) in [7, 11) is 2.06. The summed E-state index contributed by atoms with van der Waals surface area (Å²) in [5.41, 5.74) is 1.39. The molecule has 0 saturated heterocycles. The molecule has 1 N–H and O–H groups in total. The maximum Gasteiger partial charge on any atom is 0.108 e. The maximum atomic E-state index is 4.39. The van der Waals surface area contributed by atoms with Crippen molar-refractivity contribution < 1.29 is 0 Å². The summed E-state index contributed by atoms with van der Waals surface area (Å²) < 4.78 is 2.11. The van der Waals surface area contributed by atoms with Crippen molar-refractivity contribution in [1.82, 2.24) is 14.9 Å². The van der Waals surface area contributed by atoms with Crippen molar-refractivity contribution in [3.05, 3.63) is 54.1 Å².